The van der Waals surface area contributed by atoms with Gasteiger partial charge in [-0.1, -0.05) is 28.1 Å². The lowest BCUT2D eigenvalue weighted by Crippen LogP contribution is -2.39. The Kier molecular flexibility index (Phi) is 4.92. The van der Waals surface area contributed by atoms with Crippen molar-refractivity contribution in [1.29, 1.82) is 0 Å². The topological polar surface area (TPSA) is 64.2 Å². The fourth-order valence-corrected chi connectivity index (χ4v) is 2.39. The maximum atomic E-state index is 12.2. The third-order valence-electron chi connectivity index (χ3n) is 2.92. The van der Waals surface area contributed by atoms with Gasteiger partial charge in [0.1, 0.15) is 0 Å². The molecule has 1 aromatic carbocycles. The Morgan fingerprint density at radius 1 is 1.20 bits per heavy atom. The van der Waals surface area contributed by atoms with E-state index in [-0.39, 0.29) is 24.4 Å². The van der Waals surface area contributed by atoms with Crippen molar-refractivity contribution in [3.05, 3.63) is 67.4 Å². The minimum Gasteiger partial charge on any atom is -0.396 e. The Labute approximate surface area is 124 Å². The lowest BCUT2D eigenvalue weighted by molar-refractivity contribution is 0.277. The predicted octanol–water partition coefficient (Wildman–Crippen LogP) is 1.20. The fourth-order valence-electron chi connectivity index (χ4n) is 1.94. The Morgan fingerprint density at radius 3 is 2.70 bits per heavy atom. The minimum atomic E-state index is -0.356. The average molecular weight is 339 g/mol. The summed E-state index contributed by atoms with van der Waals surface area (Å²) in [6.45, 7) is 0.581. The summed E-state index contributed by atoms with van der Waals surface area (Å²) < 4.78 is 3.58. The summed E-state index contributed by atoms with van der Waals surface area (Å²) in [7, 11) is 0. The molecule has 106 valence electrons. The van der Waals surface area contributed by atoms with Crippen molar-refractivity contribution in [3.63, 3.8) is 0 Å². The minimum absolute atomic E-state index is 0.0492. The molecule has 0 bridgehead atoms. The smallest absolute Gasteiger partial charge is 0.331 e. The molecular weight excluding hydrogens is 324 g/mol. The van der Waals surface area contributed by atoms with Gasteiger partial charge in [-0.2, -0.15) is 0 Å². The van der Waals surface area contributed by atoms with Crippen molar-refractivity contribution >= 4 is 15.9 Å². The van der Waals surface area contributed by atoms with E-state index in [0.29, 0.717) is 13.0 Å². The van der Waals surface area contributed by atoms with Gasteiger partial charge in [0.2, 0.25) is 0 Å². The molecule has 6 heteroatoms. The van der Waals surface area contributed by atoms with Crippen LogP contribution in [0.4, 0.5) is 0 Å². The molecule has 2 aromatic rings. The lowest BCUT2D eigenvalue weighted by Gasteiger charge is -2.09. The van der Waals surface area contributed by atoms with E-state index in [1.54, 1.807) is 0 Å². The maximum Gasteiger partial charge on any atom is 0.331 e. The van der Waals surface area contributed by atoms with Gasteiger partial charge >= 0.3 is 5.69 Å². The normalized spacial score (nSPS) is 10.7. The highest BCUT2D eigenvalue weighted by molar-refractivity contribution is 9.10. The first kappa shape index (κ1) is 14.7. The molecule has 0 unspecified atom stereocenters. The highest BCUT2D eigenvalue weighted by Gasteiger charge is 2.05. The molecule has 2 rings (SSSR count). The summed E-state index contributed by atoms with van der Waals surface area (Å²) in [5, 5.41) is 8.81. The van der Waals surface area contributed by atoms with Crippen molar-refractivity contribution in [2.75, 3.05) is 6.61 Å². The molecular formula is C14H15BrN2O3. The standard InChI is InChI=1S/C14H15BrN2O3/c15-12-4-1-3-11(9-12)10-16-7-5-13(19)17(14(16)20)6-2-8-18/h1,3-5,7,9,18H,2,6,8,10H2. The van der Waals surface area contributed by atoms with Gasteiger partial charge in [0.15, 0.2) is 0 Å². The average Bonchev–Trinajstić information content (AvgIpc) is 2.42. The molecule has 5 nitrogen and oxygen atoms in total. The van der Waals surface area contributed by atoms with E-state index in [1.807, 2.05) is 24.3 Å². The van der Waals surface area contributed by atoms with Crippen LogP contribution in [-0.2, 0) is 13.1 Å². The van der Waals surface area contributed by atoms with E-state index in [0.717, 1.165) is 14.6 Å². The summed E-state index contributed by atoms with van der Waals surface area (Å²) in [6, 6.07) is 9.02. The van der Waals surface area contributed by atoms with Crippen LogP contribution in [0, 0.1) is 0 Å². The number of aromatic nitrogens is 2. The number of hydrogen-bond acceptors (Lipinski definition) is 3. The molecule has 20 heavy (non-hydrogen) atoms. The summed E-state index contributed by atoms with van der Waals surface area (Å²) in [5.41, 5.74) is 0.272. The van der Waals surface area contributed by atoms with Crippen LogP contribution in [0.2, 0.25) is 0 Å². The Hall–Kier alpha value is -1.66. The van der Waals surface area contributed by atoms with Gasteiger partial charge in [-0.15, -0.1) is 0 Å². The molecule has 0 atom stereocenters. The second kappa shape index (κ2) is 6.67. The van der Waals surface area contributed by atoms with Gasteiger partial charge in [0.05, 0.1) is 6.54 Å². The Morgan fingerprint density at radius 2 is 2.00 bits per heavy atom. The molecule has 1 aromatic heterocycles. The van der Waals surface area contributed by atoms with Gasteiger partial charge in [-0.05, 0) is 24.1 Å². The van der Waals surface area contributed by atoms with E-state index in [1.165, 1.54) is 16.8 Å². The van der Waals surface area contributed by atoms with E-state index < -0.39 is 0 Å². The number of aliphatic hydroxyl groups is 1. The first-order valence-corrected chi connectivity index (χ1v) is 7.06. The zero-order chi connectivity index (χ0) is 14.5. The van der Waals surface area contributed by atoms with E-state index in [2.05, 4.69) is 15.9 Å². The van der Waals surface area contributed by atoms with Gasteiger partial charge < -0.3 is 5.11 Å². The predicted molar refractivity (Wildman–Crippen MR) is 79.9 cm³/mol. The highest BCUT2D eigenvalue weighted by Crippen LogP contribution is 2.11. The fraction of sp³-hybridized carbons (Fsp3) is 0.286. The van der Waals surface area contributed by atoms with Crippen molar-refractivity contribution in [3.8, 4) is 0 Å². The zero-order valence-corrected chi connectivity index (χ0v) is 12.4. The van der Waals surface area contributed by atoms with E-state index in [9.17, 15) is 9.59 Å². The number of hydrogen-bond donors (Lipinski definition) is 1. The van der Waals surface area contributed by atoms with Crippen LogP contribution in [0.1, 0.15) is 12.0 Å². The SMILES string of the molecule is O=c1ccn(Cc2cccc(Br)c2)c(=O)n1CCCO. The number of halogens is 1. The van der Waals surface area contributed by atoms with Crippen LogP contribution in [0.25, 0.3) is 0 Å². The summed E-state index contributed by atoms with van der Waals surface area (Å²) in [6.07, 6.45) is 1.89. The Bertz CT molecular complexity index is 706. The molecule has 0 aliphatic rings. The highest BCUT2D eigenvalue weighted by atomic mass is 79.9. The van der Waals surface area contributed by atoms with Crippen LogP contribution in [0.3, 0.4) is 0 Å². The third-order valence-corrected chi connectivity index (χ3v) is 3.41. The molecule has 0 saturated carbocycles. The van der Waals surface area contributed by atoms with Crippen molar-refractivity contribution in [2.45, 2.75) is 19.5 Å². The maximum absolute atomic E-state index is 12.2. The van der Waals surface area contributed by atoms with Crippen molar-refractivity contribution in [2.24, 2.45) is 0 Å². The molecule has 0 fully saturated rings. The van der Waals surface area contributed by atoms with Crippen LogP contribution >= 0.6 is 15.9 Å². The zero-order valence-electron chi connectivity index (χ0n) is 10.8. The molecule has 0 aliphatic carbocycles. The number of rotatable bonds is 5. The third kappa shape index (κ3) is 3.46. The molecule has 1 heterocycles. The second-order valence-corrected chi connectivity index (χ2v) is 5.34. The van der Waals surface area contributed by atoms with E-state index in [4.69, 9.17) is 5.11 Å². The molecule has 0 aliphatic heterocycles. The van der Waals surface area contributed by atoms with Crippen molar-refractivity contribution < 1.29 is 5.11 Å². The first-order chi connectivity index (χ1) is 9.61. The molecule has 1 N–H and O–H groups in total. The monoisotopic (exact) mass is 338 g/mol. The van der Waals surface area contributed by atoms with Crippen LogP contribution in [0.5, 0.6) is 0 Å². The molecule has 0 saturated heterocycles. The van der Waals surface area contributed by atoms with Crippen molar-refractivity contribution in [1.82, 2.24) is 9.13 Å². The lowest BCUT2D eigenvalue weighted by atomic mass is 10.2. The number of nitrogens with zero attached hydrogens (tertiary/aromatic N) is 2. The summed E-state index contributed by atoms with van der Waals surface area (Å²) in [4.78, 5) is 23.9. The number of aliphatic hydroxyl groups excluding tert-OH is 1. The van der Waals surface area contributed by atoms with Crippen LogP contribution in [0.15, 0.2) is 50.6 Å². The summed E-state index contributed by atoms with van der Waals surface area (Å²) >= 11 is 3.38. The van der Waals surface area contributed by atoms with Gasteiger partial charge in [-0.25, -0.2) is 4.79 Å². The van der Waals surface area contributed by atoms with Gasteiger partial charge in [0.25, 0.3) is 5.56 Å². The summed E-state index contributed by atoms with van der Waals surface area (Å²) in [5.74, 6) is 0. The number of benzene rings is 1. The molecule has 0 amide bonds. The quantitative estimate of drug-likeness (QED) is 0.890. The van der Waals surface area contributed by atoms with Gasteiger partial charge in [-0.3, -0.25) is 13.9 Å². The van der Waals surface area contributed by atoms with Crippen LogP contribution < -0.4 is 11.2 Å². The van der Waals surface area contributed by atoms with E-state index >= 15 is 0 Å². The van der Waals surface area contributed by atoms with Gasteiger partial charge in [0, 0.05) is 29.9 Å². The second-order valence-electron chi connectivity index (χ2n) is 4.42. The van der Waals surface area contributed by atoms with Crippen LogP contribution in [-0.4, -0.2) is 20.8 Å². The molecule has 0 radical (unpaired) electrons. The first-order valence-electron chi connectivity index (χ1n) is 6.27. The molecule has 0 spiro atoms. The largest absolute Gasteiger partial charge is 0.396 e. The Balaban J connectivity index is 2.33.